The van der Waals surface area contributed by atoms with E-state index in [0.29, 0.717) is 23.3 Å². The van der Waals surface area contributed by atoms with Gasteiger partial charge >= 0.3 is 5.97 Å². The Morgan fingerprint density at radius 1 is 1.22 bits per heavy atom. The van der Waals surface area contributed by atoms with Crippen molar-refractivity contribution in [3.05, 3.63) is 51.2 Å². The van der Waals surface area contributed by atoms with Gasteiger partial charge in [0, 0.05) is 17.0 Å². The lowest BCUT2D eigenvalue weighted by Gasteiger charge is -2.17. The maximum atomic E-state index is 12.1. The van der Waals surface area contributed by atoms with Crippen molar-refractivity contribution in [3.8, 4) is 0 Å². The first-order valence-corrected chi connectivity index (χ1v) is 8.04. The average Bonchev–Trinajstić information content (AvgIpc) is 2.98. The molecule has 1 aromatic carbocycles. The van der Waals surface area contributed by atoms with Gasteiger partial charge < -0.3 is 10.1 Å². The summed E-state index contributed by atoms with van der Waals surface area (Å²) in [5.41, 5.74) is 2.01. The maximum Gasteiger partial charge on any atom is 0.338 e. The fourth-order valence-electron chi connectivity index (χ4n) is 2.38. The first kappa shape index (κ1) is 15.4. The number of thiophene rings is 1. The minimum Gasteiger partial charge on any atom is -0.454 e. The van der Waals surface area contributed by atoms with Crippen molar-refractivity contribution in [3.63, 3.8) is 0 Å². The number of aryl methyl sites for hydroxylation is 2. The topological polar surface area (TPSA) is 72.5 Å². The van der Waals surface area contributed by atoms with E-state index in [9.17, 15) is 14.4 Å². The first-order chi connectivity index (χ1) is 11.0. The van der Waals surface area contributed by atoms with Gasteiger partial charge in [-0.3, -0.25) is 9.59 Å². The van der Waals surface area contributed by atoms with Crippen LogP contribution in [0.15, 0.2) is 30.3 Å². The number of rotatable bonds is 4. The number of ketones is 1. The van der Waals surface area contributed by atoms with E-state index in [1.807, 2.05) is 13.0 Å². The Morgan fingerprint density at radius 2 is 2.04 bits per heavy atom. The molecular weight excluding hydrogens is 314 g/mol. The number of anilines is 1. The van der Waals surface area contributed by atoms with Crippen LogP contribution < -0.4 is 5.32 Å². The predicted molar refractivity (Wildman–Crippen MR) is 87.1 cm³/mol. The number of esters is 1. The Bertz CT molecular complexity index is 794. The van der Waals surface area contributed by atoms with E-state index in [1.165, 1.54) is 11.3 Å². The lowest BCUT2D eigenvalue weighted by molar-refractivity contribution is -0.116. The van der Waals surface area contributed by atoms with Crippen LogP contribution in [0.1, 0.15) is 36.9 Å². The smallest absolute Gasteiger partial charge is 0.338 e. The van der Waals surface area contributed by atoms with Crippen molar-refractivity contribution < 1.29 is 19.1 Å². The molecule has 0 unspecified atom stereocenters. The van der Waals surface area contributed by atoms with Crippen LogP contribution in [0.3, 0.4) is 0 Å². The number of hydrogen-bond acceptors (Lipinski definition) is 5. The Morgan fingerprint density at radius 3 is 2.78 bits per heavy atom. The van der Waals surface area contributed by atoms with Gasteiger partial charge in [-0.25, -0.2) is 4.79 Å². The van der Waals surface area contributed by atoms with Crippen molar-refractivity contribution in [2.24, 2.45) is 0 Å². The molecule has 0 saturated carbocycles. The third kappa shape index (κ3) is 3.48. The molecule has 0 fully saturated rings. The molecule has 0 saturated heterocycles. The van der Waals surface area contributed by atoms with Crippen LogP contribution in [0, 0.1) is 6.92 Å². The van der Waals surface area contributed by atoms with Crippen LogP contribution in [-0.4, -0.2) is 24.3 Å². The van der Waals surface area contributed by atoms with Crippen LogP contribution >= 0.6 is 11.3 Å². The Kier molecular flexibility index (Phi) is 4.25. The number of nitrogens with one attached hydrogen (secondary N) is 1. The lowest BCUT2D eigenvalue weighted by atomic mass is 10.0. The molecule has 2 heterocycles. The highest BCUT2D eigenvalue weighted by Crippen LogP contribution is 2.24. The number of benzene rings is 1. The van der Waals surface area contributed by atoms with Crippen LogP contribution in [0.5, 0.6) is 0 Å². The monoisotopic (exact) mass is 329 g/mol. The van der Waals surface area contributed by atoms with Crippen molar-refractivity contribution in [2.45, 2.75) is 19.8 Å². The van der Waals surface area contributed by atoms with Crippen LogP contribution in [0.2, 0.25) is 0 Å². The molecule has 1 N–H and O–H groups in total. The van der Waals surface area contributed by atoms with Crippen molar-refractivity contribution >= 4 is 34.7 Å². The zero-order valence-electron chi connectivity index (χ0n) is 12.5. The minimum atomic E-state index is -0.536. The largest absolute Gasteiger partial charge is 0.454 e. The van der Waals surface area contributed by atoms with E-state index in [-0.39, 0.29) is 18.3 Å². The van der Waals surface area contributed by atoms with Crippen molar-refractivity contribution in [1.29, 1.82) is 0 Å². The molecule has 23 heavy (non-hydrogen) atoms. The highest BCUT2D eigenvalue weighted by Gasteiger charge is 2.18. The molecule has 5 nitrogen and oxygen atoms in total. The molecule has 2 aromatic rings. The SMILES string of the molecule is Cc1ccc(C(=O)COC(=O)c2ccc3c(c2)CCC(=O)N3)s1. The van der Waals surface area contributed by atoms with Crippen LogP contribution in [0.25, 0.3) is 0 Å². The lowest BCUT2D eigenvalue weighted by Crippen LogP contribution is -2.20. The minimum absolute atomic E-state index is 0.0235. The molecule has 6 heteroatoms. The summed E-state index contributed by atoms with van der Waals surface area (Å²) in [6.45, 7) is 1.64. The zero-order chi connectivity index (χ0) is 16.4. The molecule has 0 radical (unpaired) electrons. The third-order valence-electron chi connectivity index (χ3n) is 3.59. The van der Waals surface area contributed by atoms with Gasteiger partial charge in [0.25, 0.3) is 0 Å². The van der Waals surface area contributed by atoms with E-state index in [4.69, 9.17) is 4.74 Å². The molecule has 1 amide bonds. The van der Waals surface area contributed by atoms with Gasteiger partial charge in [-0.05, 0) is 49.2 Å². The molecule has 1 aliphatic heterocycles. The molecular formula is C17H15NO4S. The Hall–Kier alpha value is -2.47. The fourth-order valence-corrected chi connectivity index (χ4v) is 3.17. The molecule has 118 valence electrons. The Balaban J connectivity index is 1.64. The third-order valence-corrected chi connectivity index (χ3v) is 4.63. The molecule has 0 aliphatic carbocycles. The van der Waals surface area contributed by atoms with Gasteiger partial charge in [0.05, 0.1) is 10.4 Å². The van der Waals surface area contributed by atoms with E-state index in [1.54, 1.807) is 24.3 Å². The van der Waals surface area contributed by atoms with Crippen molar-refractivity contribution in [1.82, 2.24) is 0 Å². The van der Waals surface area contributed by atoms with Gasteiger partial charge in [0.15, 0.2) is 6.61 Å². The quantitative estimate of drug-likeness (QED) is 0.691. The molecule has 3 rings (SSSR count). The number of amides is 1. The summed E-state index contributed by atoms with van der Waals surface area (Å²) in [4.78, 5) is 37.0. The van der Waals surface area contributed by atoms with E-state index >= 15 is 0 Å². The van der Waals surface area contributed by atoms with Gasteiger partial charge in [0.2, 0.25) is 11.7 Å². The zero-order valence-corrected chi connectivity index (χ0v) is 13.4. The highest BCUT2D eigenvalue weighted by molar-refractivity contribution is 7.14. The number of Topliss-reactive ketones (excluding diaryl/α,β-unsaturated/α-hetero) is 1. The molecule has 0 spiro atoms. The summed E-state index contributed by atoms with van der Waals surface area (Å²) < 4.78 is 5.10. The molecule has 1 aromatic heterocycles. The number of hydrogen-bond donors (Lipinski definition) is 1. The average molecular weight is 329 g/mol. The predicted octanol–water partition coefficient (Wildman–Crippen LogP) is 2.98. The van der Waals surface area contributed by atoms with E-state index in [2.05, 4.69) is 5.32 Å². The van der Waals surface area contributed by atoms with Gasteiger partial charge in [-0.15, -0.1) is 11.3 Å². The van der Waals surface area contributed by atoms with Crippen molar-refractivity contribution in [2.75, 3.05) is 11.9 Å². The summed E-state index contributed by atoms with van der Waals surface area (Å²) in [5.74, 6) is -0.766. The van der Waals surface area contributed by atoms with Gasteiger partial charge in [-0.1, -0.05) is 0 Å². The summed E-state index contributed by atoms with van der Waals surface area (Å²) >= 11 is 1.38. The van der Waals surface area contributed by atoms with Gasteiger partial charge in [0.1, 0.15) is 0 Å². The summed E-state index contributed by atoms with van der Waals surface area (Å²) in [5, 5.41) is 2.76. The summed E-state index contributed by atoms with van der Waals surface area (Å²) in [6.07, 6.45) is 0.997. The number of fused-ring (bicyclic) bond motifs is 1. The second-order valence-electron chi connectivity index (χ2n) is 5.33. The number of ether oxygens (including phenoxy) is 1. The van der Waals surface area contributed by atoms with E-state index < -0.39 is 5.97 Å². The van der Waals surface area contributed by atoms with Gasteiger partial charge in [-0.2, -0.15) is 0 Å². The second-order valence-corrected chi connectivity index (χ2v) is 6.62. The van der Waals surface area contributed by atoms with E-state index in [0.717, 1.165) is 16.1 Å². The van der Waals surface area contributed by atoms with Crippen LogP contribution in [0.4, 0.5) is 5.69 Å². The number of carbonyl (C=O) groups is 3. The van der Waals surface area contributed by atoms with Crippen LogP contribution in [-0.2, 0) is 16.0 Å². The molecule has 0 bridgehead atoms. The maximum absolute atomic E-state index is 12.1. The first-order valence-electron chi connectivity index (χ1n) is 7.22. The summed E-state index contributed by atoms with van der Waals surface area (Å²) in [7, 11) is 0. The summed E-state index contributed by atoms with van der Waals surface area (Å²) in [6, 6.07) is 8.58. The normalized spacial score (nSPS) is 13.2. The highest BCUT2D eigenvalue weighted by atomic mass is 32.1. The number of carbonyl (C=O) groups excluding carboxylic acids is 3. The standard InChI is InChI=1S/C17H15NO4S/c1-10-2-6-15(23-10)14(19)9-22-17(21)12-3-5-13-11(8-12)4-7-16(20)18-13/h2-3,5-6,8H,4,7,9H2,1H3,(H,18,20). The fraction of sp³-hybridized carbons (Fsp3) is 0.235. The molecule has 1 aliphatic rings. The Labute approximate surface area is 137 Å². The molecule has 0 atom stereocenters. The second kappa shape index (κ2) is 6.34.